The third-order valence-corrected chi connectivity index (χ3v) is 3.90. The number of amides is 1. The van der Waals surface area contributed by atoms with Crippen molar-refractivity contribution in [3.63, 3.8) is 0 Å². The Kier molecular flexibility index (Phi) is 4.06. The van der Waals surface area contributed by atoms with Crippen molar-refractivity contribution in [3.05, 3.63) is 48.0 Å². The van der Waals surface area contributed by atoms with Crippen LogP contribution in [-0.4, -0.2) is 37.2 Å². The van der Waals surface area contributed by atoms with E-state index in [0.29, 0.717) is 19.7 Å². The zero-order valence-electron chi connectivity index (χ0n) is 12.2. The minimum atomic E-state index is -0.210. The fourth-order valence-electron chi connectivity index (χ4n) is 2.89. The Labute approximate surface area is 124 Å². The Balaban J connectivity index is 1.93. The average molecular weight is 284 g/mol. The number of likely N-dealkylation sites (N-methyl/N-ethyl adjacent to an activating group) is 1. The van der Waals surface area contributed by atoms with Crippen LogP contribution in [-0.2, 0) is 4.74 Å². The highest BCUT2D eigenvalue weighted by molar-refractivity contribution is 5.86. The first kappa shape index (κ1) is 13.9. The van der Waals surface area contributed by atoms with Crippen LogP contribution < -0.4 is 5.32 Å². The molecule has 21 heavy (non-hydrogen) atoms. The molecule has 1 amide bonds. The van der Waals surface area contributed by atoms with E-state index in [2.05, 4.69) is 48.6 Å². The van der Waals surface area contributed by atoms with E-state index in [1.807, 2.05) is 6.07 Å². The second kappa shape index (κ2) is 6.14. The highest BCUT2D eigenvalue weighted by atomic mass is 16.6. The Morgan fingerprint density at radius 3 is 2.81 bits per heavy atom. The number of rotatable bonds is 5. The molecule has 1 fully saturated rings. The standard InChI is InChI=1S/C17H20N2O2/c1-2-18-16(12-19-10-11-21-17(19)20)15-9-5-7-13-6-3-4-8-14(13)15/h3-9,16,18H,2,10-12H2,1H3. The van der Waals surface area contributed by atoms with Crippen LogP contribution in [0, 0.1) is 0 Å². The number of ether oxygens (including phenoxy) is 1. The molecule has 1 unspecified atom stereocenters. The van der Waals surface area contributed by atoms with Crippen molar-refractivity contribution in [2.24, 2.45) is 0 Å². The topological polar surface area (TPSA) is 41.6 Å². The quantitative estimate of drug-likeness (QED) is 0.918. The molecular formula is C17H20N2O2. The van der Waals surface area contributed by atoms with Crippen LogP contribution in [0.1, 0.15) is 18.5 Å². The van der Waals surface area contributed by atoms with Gasteiger partial charge in [0.1, 0.15) is 6.61 Å². The summed E-state index contributed by atoms with van der Waals surface area (Å²) in [6, 6.07) is 14.8. The third kappa shape index (κ3) is 2.85. The molecule has 1 atom stereocenters. The highest BCUT2D eigenvalue weighted by Crippen LogP contribution is 2.25. The molecule has 2 aromatic rings. The molecule has 4 heteroatoms. The maximum absolute atomic E-state index is 11.7. The van der Waals surface area contributed by atoms with Crippen LogP contribution in [0.25, 0.3) is 10.8 Å². The lowest BCUT2D eigenvalue weighted by atomic mass is 9.98. The summed E-state index contributed by atoms with van der Waals surface area (Å²) >= 11 is 0. The lowest BCUT2D eigenvalue weighted by Gasteiger charge is -2.24. The molecule has 0 aliphatic carbocycles. The van der Waals surface area contributed by atoms with Crippen molar-refractivity contribution in [2.45, 2.75) is 13.0 Å². The number of carbonyl (C=O) groups is 1. The van der Waals surface area contributed by atoms with Crippen LogP contribution in [0.3, 0.4) is 0 Å². The molecule has 1 aliphatic rings. The number of hydrogen-bond donors (Lipinski definition) is 1. The summed E-state index contributed by atoms with van der Waals surface area (Å²) in [4.78, 5) is 13.5. The van der Waals surface area contributed by atoms with E-state index in [1.165, 1.54) is 16.3 Å². The molecule has 0 saturated carbocycles. The Bertz CT molecular complexity index is 636. The SMILES string of the molecule is CCNC(CN1CCOC1=O)c1cccc2ccccc12. The first-order valence-corrected chi connectivity index (χ1v) is 7.42. The van der Waals surface area contributed by atoms with Crippen LogP contribution in [0.5, 0.6) is 0 Å². The molecule has 1 heterocycles. The summed E-state index contributed by atoms with van der Waals surface area (Å²) in [5.74, 6) is 0. The lowest BCUT2D eigenvalue weighted by molar-refractivity contribution is 0.156. The monoisotopic (exact) mass is 284 g/mol. The Morgan fingerprint density at radius 2 is 2.05 bits per heavy atom. The molecule has 0 spiro atoms. The number of benzene rings is 2. The minimum Gasteiger partial charge on any atom is -0.448 e. The van der Waals surface area contributed by atoms with Gasteiger partial charge in [-0.2, -0.15) is 0 Å². The zero-order chi connectivity index (χ0) is 14.7. The fourth-order valence-corrected chi connectivity index (χ4v) is 2.89. The number of hydrogen-bond acceptors (Lipinski definition) is 3. The van der Waals surface area contributed by atoms with E-state index in [9.17, 15) is 4.79 Å². The molecule has 4 nitrogen and oxygen atoms in total. The van der Waals surface area contributed by atoms with Gasteiger partial charge >= 0.3 is 6.09 Å². The zero-order valence-corrected chi connectivity index (χ0v) is 12.2. The summed E-state index contributed by atoms with van der Waals surface area (Å²) in [5, 5.41) is 5.95. The Morgan fingerprint density at radius 1 is 1.24 bits per heavy atom. The predicted octanol–water partition coefficient (Wildman–Crippen LogP) is 2.94. The van der Waals surface area contributed by atoms with E-state index in [0.717, 1.165) is 6.54 Å². The van der Waals surface area contributed by atoms with E-state index < -0.39 is 0 Å². The number of nitrogens with one attached hydrogen (secondary N) is 1. The number of cyclic esters (lactones) is 1. The highest BCUT2D eigenvalue weighted by Gasteiger charge is 2.26. The van der Waals surface area contributed by atoms with Gasteiger partial charge in [-0.05, 0) is 22.9 Å². The summed E-state index contributed by atoms with van der Waals surface area (Å²) in [5.41, 5.74) is 1.23. The maximum Gasteiger partial charge on any atom is 0.410 e. The molecule has 3 rings (SSSR count). The average Bonchev–Trinajstić information content (AvgIpc) is 2.91. The smallest absolute Gasteiger partial charge is 0.410 e. The summed E-state index contributed by atoms with van der Waals surface area (Å²) in [6.07, 6.45) is -0.210. The first-order chi connectivity index (χ1) is 10.3. The van der Waals surface area contributed by atoms with Crippen molar-refractivity contribution >= 4 is 16.9 Å². The number of nitrogens with zero attached hydrogens (tertiary/aromatic N) is 1. The second-order valence-electron chi connectivity index (χ2n) is 5.24. The largest absolute Gasteiger partial charge is 0.448 e. The van der Waals surface area contributed by atoms with Crippen molar-refractivity contribution in [1.29, 1.82) is 0 Å². The molecule has 0 bridgehead atoms. The molecule has 0 aromatic heterocycles. The van der Waals surface area contributed by atoms with Gasteiger partial charge in [0.25, 0.3) is 0 Å². The lowest BCUT2D eigenvalue weighted by Crippen LogP contribution is -2.35. The normalized spacial score (nSPS) is 16.2. The Hall–Kier alpha value is -2.07. The van der Waals surface area contributed by atoms with E-state index in [1.54, 1.807) is 4.90 Å². The van der Waals surface area contributed by atoms with Gasteiger partial charge in [0.05, 0.1) is 12.6 Å². The molecule has 2 aromatic carbocycles. The summed E-state index contributed by atoms with van der Waals surface area (Å²) < 4.78 is 5.03. The molecular weight excluding hydrogens is 264 g/mol. The van der Waals surface area contributed by atoms with Crippen LogP contribution in [0.2, 0.25) is 0 Å². The molecule has 1 aliphatic heterocycles. The van der Waals surface area contributed by atoms with Gasteiger partial charge in [-0.3, -0.25) is 0 Å². The van der Waals surface area contributed by atoms with Gasteiger partial charge in [0.15, 0.2) is 0 Å². The van der Waals surface area contributed by atoms with Crippen molar-refractivity contribution in [2.75, 3.05) is 26.2 Å². The van der Waals surface area contributed by atoms with Gasteiger partial charge in [0, 0.05) is 6.54 Å². The van der Waals surface area contributed by atoms with Crippen molar-refractivity contribution in [3.8, 4) is 0 Å². The third-order valence-electron chi connectivity index (χ3n) is 3.90. The van der Waals surface area contributed by atoms with E-state index in [4.69, 9.17) is 4.74 Å². The van der Waals surface area contributed by atoms with Gasteiger partial charge in [-0.15, -0.1) is 0 Å². The van der Waals surface area contributed by atoms with Gasteiger partial charge in [-0.25, -0.2) is 4.79 Å². The van der Waals surface area contributed by atoms with Gasteiger partial charge < -0.3 is 15.0 Å². The first-order valence-electron chi connectivity index (χ1n) is 7.42. The number of fused-ring (bicyclic) bond motifs is 1. The van der Waals surface area contributed by atoms with Gasteiger partial charge in [0.2, 0.25) is 0 Å². The van der Waals surface area contributed by atoms with Gasteiger partial charge in [-0.1, -0.05) is 49.4 Å². The summed E-state index contributed by atoms with van der Waals surface area (Å²) in [6.45, 7) is 4.75. The predicted molar refractivity (Wildman–Crippen MR) is 83.3 cm³/mol. The van der Waals surface area contributed by atoms with Crippen LogP contribution >= 0.6 is 0 Å². The summed E-state index contributed by atoms with van der Waals surface area (Å²) in [7, 11) is 0. The molecule has 1 N–H and O–H groups in total. The fraction of sp³-hybridized carbons (Fsp3) is 0.353. The maximum atomic E-state index is 11.7. The van der Waals surface area contributed by atoms with E-state index >= 15 is 0 Å². The van der Waals surface area contributed by atoms with Crippen LogP contribution in [0.15, 0.2) is 42.5 Å². The second-order valence-corrected chi connectivity index (χ2v) is 5.24. The van der Waals surface area contributed by atoms with Crippen LogP contribution in [0.4, 0.5) is 4.79 Å². The number of carbonyl (C=O) groups excluding carboxylic acids is 1. The molecule has 1 saturated heterocycles. The molecule has 110 valence electrons. The molecule has 0 radical (unpaired) electrons. The van der Waals surface area contributed by atoms with Crippen molar-refractivity contribution in [1.82, 2.24) is 10.2 Å². The van der Waals surface area contributed by atoms with E-state index in [-0.39, 0.29) is 12.1 Å². The van der Waals surface area contributed by atoms with Crippen molar-refractivity contribution < 1.29 is 9.53 Å². The minimum absolute atomic E-state index is 0.117.